The first-order valence-electron chi connectivity index (χ1n) is 8.10. The number of aromatic nitrogens is 3. The van der Waals surface area contributed by atoms with Crippen molar-refractivity contribution in [1.82, 2.24) is 19.3 Å². The van der Waals surface area contributed by atoms with Gasteiger partial charge in [0.1, 0.15) is 10.0 Å². The molecule has 3 aromatic heterocycles. The predicted octanol–water partition coefficient (Wildman–Crippen LogP) is 2.61. The molecule has 10 heteroatoms. The van der Waals surface area contributed by atoms with Gasteiger partial charge in [-0.05, 0) is 31.5 Å². The van der Waals surface area contributed by atoms with Gasteiger partial charge in [-0.1, -0.05) is 6.92 Å². The summed E-state index contributed by atoms with van der Waals surface area (Å²) in [5, 5.41) is 0. The normalized spacial score (nSPS) is 11.4. The number of hydrogen-bond acceptors (Lipinski definition) is 5. The number of imidazole rings is 1. The van der Waals surface area contributed by atoms with Crippen molar-refractivity contribution in [3.63, 3.8) is 0 Å². The number of sulfonamides is 1. The number of hydrogen-bond donors (Lipinski definition) is 2. The lowest BCUT2D eigenvalue weighted by molar-refractivity contribution is 0.579. The van der Waals surface area contributed by atoms with Crippen LogP contribution >= 0.6 is 23.7 Å². The van der Waals surface area contributed by atoms with Gasteiger partial charge >= 0.3 is 0 Å². The van der Waals surface area contributed by atoms with Crippen LogP contribution in [-0.2, 0) is 30.0 Å². The van der Waals surface area contributed by atoms with E-state index in [0.29, 0.717) is 17.8 Å². The Bertz CT molecular complexity index is 1100. The highest BCUT2D eigenvalue weighted by molar-refractivity contribution is 7.91. The topological polar surface area (TPSA) is 96.8 Å². The number of nitrogens with zero attached hydrogens (tertiary/aromatic N) is 2. The van der Waals surface area contributed by atoms with Crippen molar-refractivity contribution < 1.29 is 8.42 Å². The first-order chi connectivity index (χ1) is 12.3. The van der Waals surface area contributed by atoms with Crippen LogP contribution in [0.5, 0.6) is 0 Å². The molecule has 0 unspecified atom stereocenters. The fourth-order valence-electron chi connectivity index (χ4n) is 2.59. The third-order valence-electron chi connectivity index (χ3n) is 4.15. The van der Waals surface area contributed by atoms with Gasteiger partial charge in [-0.15, -0.1) is 23.7 Å². The number of rotatable bonds is 6. The molecule has 2 N–H and O–H groups in total. The third-order valence-corrected chi connectivity index (χ3v) is 7.16. The van der Waals surface area contributed by atoms with Crippen molar-refractivity contribution in [2.45, 2.75) is 31.0 Å². The Morgan fingerprint density at radius 2 is 2.07 bits per heavy atom. The maximum absolute atomic E-state index is 12.5. The summed E-state index contributed by atoms with van der Waals surface area (Å²) >= 11 is 1.17. The molecular formula is C17H21ClN4O3S2. The summed E-state index contributed by atoms with van der Waals surface area (Å²) in [6, 6.07) is 5.18. The molecular weight excluding hydrogens is 408 g/mol. The van der Waals surface area contributed by atoms with Gasteiger partial charge in [0.2, 0.25) is 10.0 Å². The second-order valence-corrected chi connectivity index (χ2v) is 8.99. The molecule has 0 aliphatic rings. The zero-order valence-electron chi connectivity index (χ0n) is 15.1. The average Bonchev–Trinajstić information content (AvgIpc) is 3.23. The summed E-state index contributed by atoms with van der Waals surface area (Å²) < 4.78 is 29.7. The molecule has 3 rings (SSSR count). The van der Waals surface area contributed by atoms with Gasteiger partial charge in [-0.3, -0.25) is 4.79 Å². The molecule has 3 heterocycles. The Hall–Kier alpha value is -1.94. The van der Waals surface area contributed by atoms with Gasteiger partial charge in [0, 0.05) is 41.1 Å². The number of pyridine rings is 1. The molecule has 0 spiro atoms. The van der Waals surface area contributed by atoms with Crippen molar-refractivity contribution in [3.05, 3.63) is 58.0 Å². The minimum absolute atomic E-state index is 0. The van der Waals surface area contributed by atoms with Crippen LogP contribution in [0.25, 0.3) is 10.4 Å². The summed E-state index contributed by atoms with van der Waals surface area (Å²) in [6.45, 7) is 3.84. The molecule has 0 saturated carbocycles. The van der Waals surface area contributed by atoms with Crippen molar-refractivity contribution in [1.29, 1.82) is 0 Å². The molecule has 146 valence electrons. The number of halogens is 1. The summed E-state index contributed by atoms with van der Waals surface area (Å²) in [7, 11) is -1.82. The summed E-state index contributed by atoms with van der Waals surface area (Å²) in [6.07, 6.45) is 4.00. The Kier molecular flexibility index (Phi) is 6.63. The summed E-state index contributed by atoms with van der Waals surface area (Å²) in [4.78, 5) is 19.6. The van der Waals surface area contributed by atoms with Crippen LogP contribution in [0.1, 0.15) is 24.0 Å². The molecule has 0 fully saturated rings. The van der Waals surface area contributed by atoms with Gasteiger partial charge in [0.25, 0.3) is 5.56 Å². The van der Waals surface area contributed by atoms with E-state index in [2.05, 4.69) is 14.7 Å². The maximum Gasteiger partial charge on any atom is 0.251 e. The van der Waals surface area contributed by atoms with E-state index in [9.17, 15) is 13.2 Å². The van der Waals surface area contributed by atoms with Crippen molar-refractivity contribution >= 4 is 33.8 Å². The van der Waals surface area contributed by atoms with Gasteiger partial charge in [-0.2, -0.15) is 0 Å². The molecule has 27 heavy (non-hydrogen) atoms. The Morgan fingerprint density at radius 1 is 1.33 bits per heavy atom. The number of aromatic amines is 1. The van der Waals surface area contributed by atoms with Gasteiger partial charge in [0.15, 0.2) is 0 Å². The van der Waals surface area contributed by atoms with Crippen molar-refractivity contribution in [2.75, 3.05) is 0 Å². The van der Waals surface area contributed by atoms with E-state index in [1.54, 1.807) is 29.1 Å². The quantitative estimate of drug-likeness (QED) is 0.630. The lowest BCUT2D eigenvalue weighted by atomic mass is 10.1. The molecule has 0 aliphatic carbocycles. The monoisotopic (exact) mass is 428 g/mol. The predicted molar refractivity (Wildman–Crippen MR) is 109 cm³/mol. The average molecular weight is 429 g/mol. The van der Waals surface area contributed by atoms with Crippen LogP contribution < -0.4 is 10.3 Å². The SMILES string of the molecule is CCc1cc(-c2ccc(S(=O)(=O)NCc3nccn3C)s2)c(C)[nH]c1=O.Cl. The van der Waals surface area contributed by atoms with E-state index in [1.165, 1.54) is 11.3 Å². The van der Waals surface area contributed by atoms with E-state index in [1.807, 2.05) is 27.0 Å². The van der Waals surface area contributed by atoms with Crippen molar-refractivity contribution in [3.8, 4) is 10.4 Å². The van der Waals surface area contributed by atoms with Crippen LogP contribution in [0.2, 0.25) is 0 Å². The third kappa shape index (κ3) is 4.49. The summed E-state index contributed by atoms with van der Waals surface area (Å²) in [5.41, 5.74) is 2.14. The number of thiophene rings is 1. The van der Waals surface area contributed by atoms with E-state index in [0.717, 1.165) is 16.1 Å². The maximum atomic E-state index is 12.5. The standard InChI is InChI=1S/C17H20N4O3S2.ClH/c1-4-12-9-13(11(2)20-17(12)22)14-5-6-16(25-14)26(23,24)19-10-15-18-7-8-21(15)3;/h5-9,19H,4,10H2,1-3H3,(H,20,22);1H. The Labute approximate surface area is 167 Å². The molecule has 0 saturated heterocycles. The lowest BCUT2D eigenvalue weighted by Gasteiger charge is -2.06. The number of nitrogens with one attached hydrogen (secondary N) is 2. The second-order valence-electron chi connectivity index (χ2n) is 5.91. The number of H-pyrrole nitrogens is 1. The van der Waals surface area contributed by atoms with E-state index >= 15 is 0 Å². The van der Waals surface area contributed by atoms with Crippen molar-refractivity contribution in [2.24, 2.45) is 7.05 Å². The smallest absolute Gasteiger partial charge is 0.251 e. The van der Waals surface area contributed by atoms with Crippen LogP contribution in [0.4, 0.5) is 0 Å². The first kappa shape index (κ1) is 21.4. The molecule has 0 aliphatic heterocycles. The highest BCUT2D eigenvalue weighted by Gasteiger charge is 2.19. The second kappa shape index (κ2) is 8.39. The fourth-order valence-corrected chi connectivity index (χ4v) is 5.00. The molecule has 7 nitrogen and oxygen atoms in total. The van der Waals surface area contributed by atoms with Gasteiger partial charge < -0.3 is 9.55 Å². The minimum atomic E-state index is -3.63. The highest BCUT2D eigenvalue weighted by Crippen LogP contribution is 2.32. The highest BCUT2D eigenvalue weighted by atomic mass is 35.5. The van der Waals surface area contributed by atoms with E-state index < -0.39 is 10.0 Å². The Balaban J connectivity index is 0.00000261. The van der Waals surface area contributed by atoms with Gasteiger partial charge in [-0.25, -0.2) is 18.1 Å². The zero-order valence-corrected chi connectivity index (χ0v) is 17.6. The fraction of sp³-hybridized carbons (Fsp3) is 0.294. The first-order valence-corrected chi connectivity index (χ1v) is 10.4. The molecule has 0 aromatic carbocycles. The zero-order chi connectivity index (χ0) is 18.9. The van der Waals surface area contributed by atoms with Gasteiger partial charge in [0.05, 0.1) is 6.54 Å². The van der Waals surface area contributed by atoms with E-state index in [-0.39, 0.29) is 28.7 Å². The molecule has 0 amide bonds. The molecule has 0 radical (unpaired) electrons. The van der Waals surface area contributed by atoms with E-state index in [4.69, 9.17) is 0 Å². The molecule has 3 aromatic rings. The Morgan fingerprint density at radius 3 is 2.70 bits per heavy atom. The van der Waals surface area contributed by atoms with Crippen LogP contribution in [-0.4, -0.2) is 23.0 Å². The van der Waals surface area contributed by atoms with Crippen LogP contribution in [0, 0.1) is 6.92 Å². The lowest BCUT2D eigenvalue weighted by Crippen LogP contribution is -2.23. The van der Waals surface area contributed by atoms with Crippen LogP contribution in [0.15, 0.2) is 39.6 Å². The largest absolute Gasteiger partial charge is 0.337 e. The molecule has 0 atom stereocenters. The molecule has 0 bridgehead atoms. The number of aryl methyl sites for hydroxylation is 3. The summed E-state index contributed by atoms with van der Waals surface area (Å²) in [5.74, 6) is 0.634. The van der Waals surface area contributed by atoms with Crippen LogP contribution in [0.3, 0.4) is 0 Å². The minimum Gasteiger partial charge on any atom is -0.337 e.